The van der Waals surface area contributed by atoms with Crippen molar-refractivity contribution in [3.8, 4) is 0 Å². The molecule has 7 nitrogen and oxygen atoms in total. The second kappa shape index (κ2) is 13.6. The van der Waals surface area contributed by atoms with Gasteiger partial charge in [0, 0.05) is 12.6 Å². The van der Waals surface area contributed by atoms with Gasteiger partial charge in [-0.15, -0.1) is 0 Å². The van der Waals surface area contributed by atoms with E-state index in [0.717, 1.165) is 41.1 Å². The molecule has 1 N–H and O–H groups in total. The van der Waals surface area contributed by atoms with Gasteiger partial charge in [-0.05, 0) is 56.0 Å². The third-order valence-electron chi connectivity index (χ3n) is 7.47. The van der Waals surface area contributed by atoms with Crippen molar-refractivity contribution < 1.29 is 18.0 Å². The van der Waals surface area contributed by atoms with Gasteiger partial charge in [0.05, 0.1) is 10.6 Å². The third-order valence-corrected chi connectivity index (χ3v) is 9.25. The van der Waals surface area contributed by atoms with Crippen LogP contribution in [0.15, 0.2) is 89.8 Å². The third kappa shape index (κ3) is 7.30. The average molecular weight is 562 g/mol. The standard InChI is InChI=1S/C32H39N3O4S/c1-3-30(32(37)33-27-13-7-4-8-14-27)34(23-26-21-19-25(2)20-22-26)31(36)24-35(28-15-9-5-10-16-28)40(38,39)29-17-11-6-12-18-29/h5-6,9-12,15-22,27,30H,3-4,7-8,13-14,23-24H2,1-2H3,(H,33,37)/t30-/m1/s1. The van der Waals surface area contributed by atoms with E-state index in [1.54, 1.807) is 53.4 Å². The molecule has 212 valence electrons. The van der Waals surface area contributed by atoms with Gasteiger partial charge in [0.1, 0.15) is 12.6 Å². The Morgan fingerprint density at radius 2 is 1.48 bits per heavy atom. The van der Waals surface area contributed by atoms with Crippen molar-refractivity contribution in [3.63, 3.8) is 0 Å². The Morgan fingerprint density at radius 3 is 2.08 bits per heavy atom. The summed E-state index contributed by atoms with van der Waals surface area (Å²) in [5.41, 5.74) is 2.35. The van der Waals surface area contributed by atoms with Gasteiger partial charge in [0.15, 0.2) is 0 Å². The molecule has 8 heteroatoms. The van der Waals surface area contributed by atoms with Gasteiger partial charge in [-0.25, -0.2) is 8.42 Å². The molecule has 1 fully saturated rings. The molecule has 3 aromatic carbocycles. The number of hydrogen-bond donors (Lipinski definition) is 1. The average Bonchev–Trinajstić information content (AvgIpc) is 2.98. The first-order valence-corrected chi connectivity index (χ1v) is 15.5. The Morgan fingerprint density at radius 1 is 0.875 bits per heavy atom. The maximum absolute atomic E-state index is 14.1. The molecule has 0 saturated heterocycles. The first-order chi connectivity index (χ1) is 19.3. The molecule has 0 bridgehead atoms. The highest BCUT2D eigenvalue weighted by Gasteiger charge is 2.34. The molecule has 0 heterocycles. The molecular weight excluding hydrogens is 522 g/mol. The van der Waals surface area contributed by atoms with Crippen molar-refractivity contribution in [2.24, 2.45) is 0 Å². The number of carbonyl (C=O) groups is 2. The number of hydrogen-bond acceptors (Lipinski definition) is 4. The number of benzene rings is 3. The van der Waals surface area contributed by atoms with Crippen molar-refractivity contribution in [2.45, 2.75) is 75.9 Å². The highest BCUT2D eigenvalue weighted by atomic mass is 32.2. The molecule has 1 aliphatic rings. The van der Waals surface area contributed by atoms with Crippen molar-refractivity contribution in [3.05, 3.63) is 96.1 Å². The first-order valence-electron chi connectivity index (χ1n) is 14.1. The Balaban J connectivity index is 1.67. The van der Waals surface area contributed by atoms with E-state index in [2.05, 4.69) is 5.32 Å². The number of carbonyl (C=O) groups excluding carboxylic acids is 2. The van der Waals surface area contributed by atoms with Crippen LogP contribution in [0.1, 0.15) is 56.6 Å². The highest BCUT2D eigenvalue weighted by molar-refractivity contribution is 7.92. The van der Waals surface area contributed by atoms with Gasteiger partial charge in [0.2, 0.25) is 11.8 Å². The number of aryl methyl sites for hydroxylation is 1. The lowest BCUT2D eigenvalue weighted by Gasteiger charge is -2.34. The van der Waals surface area contributed by atoms with Crippen molar-refractivity contribution >= 4 is 27.5 Å². The fraction of sp³-hybridized carbons (Fsp3) is 0.375. The van der Waals surface area contributed by atoms with Gasteiger partial charge in [0.25, 0.3) is 10.0 Å². The summed E-state index contributed by atoms with van der Waals surface area (Å²) in [5.74, 6) is -0.624. The molecule has 0 aromatic heterocycles. The van der Waals surface area contributed by atoms with Gasteiger partial charge < -0.3 is 10.2 Å². The smallest absolute Gasteiger partial charge is 0.264 e. The normalized spacial score (nSPS) is 14.8. The summed E-state index contributed by atoms with van der Waals surface area (Å²) in [6.45, 7) is 3.64. The van der Waals surface area contributed by atoms with Gasteiger partial charge in [-0.1, -0.05) is 92.4 Å². The summed E-state index contributed by atoms with van der Waals surface area (Å²) in [6.07, 6.45) is 5.62. The predicted molar refractivity (Wildman–Crippen MR) is 158 cm³/mol. The molecule has 1 saturated carbocycles. The van der Waals surface area contributed by atoms with E-state index in [4.69, 9.17) is 0 Å². The fourth-order valence-electron chi connectivity index (χ4n) is 5.20. The van der Waals surface area contributed by atoms with E-state index < -0.39 is 28.5 Å². The van der Waals surface area contributed by atoms with E-state index in [1.807, 2.05) is 38.1 Å². The van der Waals surface area contributed by atoms with Crippen LogP contribution in [0.4, 0.5) is 5.69 Å². The van der Waals surface area contributed by atoms with Crippen molar-refractivity contribution in [1.82, 2.24) is 10.2 Å². The minimum absolute atomic E-state index is 0.0961. The largest absolute Gasteiger partial charge is 0.352 e. The second-order valence-corrected chi connectivity index (χ2v) is 12.3. The van der Waals surface area contributed by atoms with Crippen LogP contribution in [-0.2, 0) is 26.2 Å². The van der Waals surface area contributed by atoms with Crippen LogP contribution in [-0.4, -0.2) is 43.8 Å². The van der Waals surface area contributed by atoms with Crippen LogP contribution in [0, 0.1) is 6.92 Å². The summed E-state index contributed by atoms with van der Waals surface area (Å²) >= 11 is 0. The molecule has 0 radical (unpaired) electrons. The second-order valence-electron chi connectivity index (χ2n) is 10.4. The lowest BCUT2D eigenvalue weighted by Crippen LogP contribution is -2.54. The Kier molecular flexibility index (Phi) is 9.98. The lowest BCUT2D eigenvalue weighted by molar-refractivity contribution is -0.140. The van der Waals surface area contributed by atoms with Crippen LogP contribution in [0.2, 0.25) is 0 Å². The molecule has 40 heavy (non-hydrogen) atoms. The highest BCUT2D eigenvalue weighted by Crippen LogP contribution is 2.25. The topological polar surface area (TPSA) is 86.8 Å². The maximum atomic E-state index is 14.1. The van der Waals surface area contributed by atoms with Crippen LogP contribution in [0.3, 0.4) is 0 Å². The number of anilines is 1. The molecule has 4 rings (SSSR count). The number of amides is 2. The van der Waals surface area contributed by atoms with Crippen LogP contribution >= 0.6 is 0 Å². The number of para-hydroxylation sites is 1. The molecular formula is C32H39N3O4S. The van der Waals surface area contributed by atoms with Crippen LogP contribution < -0.4 is 9.62 Å². The molecule has 1 aliphatic carbocycles. The minimum Gasteiger partial charge on any atom is -0.352 e. The molecule has 2 amide bonds. The number of sulfonamides is 1. The first kappa shape index (κ1) is 29.3. The molecule has 0 unspecified atom stereocenters. The zero-order valence-electron chi connectivity index (χ0n) is 23.3. The van der Waals surface area contributed by atoms with E-state index in [9.17, 15) is 18.0 Å². The molecule has 1 atom stereocenters. The molecule has 0 aliphatic heterocycles. The Hall–Kier alpha value is -3.65. The van der Waals surface area contributed by atoms with Gasteiger partial charge >= 0.3 is 0 Å². The zero-order valence-corrected chi connectivity index (χ0v) is 24.1. The summed E-state index contributed by atoms with van der Waals surface area (Å²) < 4.78 is 28.7. The predicted octanol–water partition coefficient (Wildman–Crippen LogP) is 5.45. The Bertz CT molecular complexity index is 1360. The fourth-order valence-corrected chi connectivity index (χ4v) is 6.63. The quantitative estimate of drug-likeness (QED) is 0.338. The van der Waals surface area contributed by atoms with E-state index in [1.165, 1.54) is 18.6 Å². The van der Waals surface area contributed by atoms with Gasteiger partial charge in [-0.3, -0.25) is 13.9 Å². The lowest BCUT2D eigenvalue weighted by atomic mass is 9.95. The molecule has 3 aromatic rings. The summed E-state index contributed by atoms with van der Waals surface area (Å²) in [4.78, 5) is 29.3. The zero-order chi connectivity index (χ0) is 28.5. The number of nitrogens with zero attached hydrogens (tertiary/aromatic N) is 2. The van der Waals surface area contributed by atoms with E-state index >= 15 is 0 Å². The SMILES string of the molecule is CC[C@H](C(=O)NC1CCCCC1)N(Cc1ccc(C)cc1)C(=O)CN(c1ccccc1)S(=O)(=O)c1ccccc1. The summed E-state index contributed by atoms with van der Waals surface area (Å²) in [6, 6.07) is 23.9. The monoisotopic (exact) mass is 561 g/mol. The molecule has 0 spiro atoms. The number of rotatable bonds is 11. The van der Waals surface area contributed by atoms with Crippen molar-refractivity contribution in [2.75, 3.05) is 10.8 Å². The maximum Gasteiger partial charge on any atom is 0.264 e. The van der Waals surface area contributed by atoms with E-state index in [-0.39, 0.29) is 23.4 Å². The summed E-state index contributed by atoms with van der Waals surface area (Å²) in [5, 5.41) is 3.18. The number of nitrogens with one attached hydrogen (secondary N) is 1. The van der Waals surface area contributed by atoms with E-state index in [0.29, 0.717) is 12.1 Å². The minimum atomic E-state index is -4.05. The Labute approximate surface area is 238 Å². The van der Waals surface area contributed by atoms with Gasteiger partial charge in [-0.2, -0.15) is 0 Å². The summed E-state index contributed by atoms with van der Waals surface area (Å²) in [7, 11) is -4.05. The van der Waals surface area contributed by atoms with Crippen molar-refractivity contribution in [1.29, 1.82) is 0 Å². The van der Waals surface area contributed by atoms with Crippen LogP contribution in [0.25, 0.3) is 0 Å². The van der Waals surface area contributed by atoms with Crippen LogP contribution in [0.5, 0.6) is 0 Å².